The van der Waals surface area contributed by atoms with Crippen molar-refractivity contribution in [2.75, 3.05) is 11.4 Å². The molecule has 0 aromatic carbocycles. The van der Waals surface area contributed by atoms with E-state index in [-0.39, 0.29) is 0 Å². The minimum atomic E-state index is -0.787. The van der Waals surface area contributed by atoms with Crippen LogP contribution in [0.2, 0.25) is 0 Å². The average molecular weight is 234 g/mol. The standard InChI is InChI=1S/C13H18N2O2/c1-10-9-14-7-5-11(10)15-8-4-3-6-13(15,2)12(16)17/h5,7,9H,3-4,6,8H2,1-2H3,(H,16,17). The van der Waals surface area contributed by atoms with Crippen LogP contribution in [0.3, 0.4) is 0 Å². The molecule has 1 N–H and O–H groups in total. The lowest BCUT2D eigenvalue weighted by atomic mass is 9.87. The minimum absolute atomic E-state index is 0.699. The van der Waals surface area contributed by atoms with Crippen LogP contribution in [0, 0.1) is 6.92 Å². The van der Waals surface area contributed by atoms with Gasteiger partial charge in [0.15, 0.2) is 0 Å². The summed E-state index contributed by atoms with van der Waals surface area (Å²) in [5.74, 6) is -0.742. The van der Waals surface area contributed by atoms with Crippen molar-refractivity contribution in [2.45, 2.75) is 38.6 Å². The number of piperidine rings is 1. The van der Waals surface area contributed by atoms with Gasteiger partial charge >= 0.3 is 5.97 Å². The maximum Gasteiger partial charge on any atom is 0.329 e. The molecule has 0 spiro atoms. The van der Waals surface area contributed by atoms with Crippen molar-refractivity contribution in [3.8, 4) is 0 Å². The quantitative estimate of drug-likeness (QED) is 0.852. The molecule has 1 unspecified atom stereocenters. The summed E-state index contributed by atoms with van der Waals surface area (Å²) < 4.78 is 0. The van der Waals surface area contributed by atoms with Crippen molar-refractivity contribution in [3.05, 3.63) is 24.0 Å². The number of anilines is 1. The van der Waals surface area contributed by atoms with E-state index in [9.17, 15) is 9.90 Å². The number of carboxylic acid groups (broad SMARTS) is 1. The molecule has 0 amide bonds. The van der Waals surface area contributed by atoms with Gasteiger partial charge in [-0.05, 0) is 44.7 Å². The van der Waals surface area contributed by atoms with E-state index < -0.39 is 11.5 Å². The Morgan fingerprint density at radius 2 is 2.29 bits per heavy atom. The van der Waals surface area contributed by atoms with Gasteiger partial charge in [0, 0.05) is 24.6 Å². The predicted octanol–water partition coefficient (Wildman–Crippen LogP) is 2.22. The largest absolute Gasteiger partial charge is 0.480 e. The Balaban J connectivity index is 2.42. The highest BCUT2D eigenvalue weighted by Gasteiger charge is 2.41. The molecule has 1 atom stereocenters. The third-order valence-electron chi connectivity index (χ3n) is 3.63. The Labute approximate surface area is 101 Å². The maximum atomic E-state index is 11.5. The molecule has 1 aliphatic heterocycles. The van der Waals surface area contributed by atoms with E-state index in [0.717, 1.165) is 30.6 Å². The summed E-state index contributed by atoms with van der Waals surface area (Å²) in [7, 11) is 0. The molecular formula is C13H18N2O2. The van der Waals surface area contributed by atoms with Crippen molar-refractivity contribution in [1.82, 2.24) is 4.98 Å². The monoisotopic (exact) mass is 234 g/mol. The van der Waals surface area contributed by atoms with Crippen LogP contribution in [0.15, 0.2) is 18.5 Å². The first-order valence-corrected chi connectivity index (χ1v) is 5.97. The number of carbonyl (C=O) groups is 1. The Morgan fingerprint density at radius 1 is 1.53 bits per heavy atom. The highest BCUT2D eigenvalue weighted by molar-refractivity contribution is 5.83. The smallest absolute Gasteiger partial charge is 0.329 e. The van der Waals surface area contributed by atoms with E-state index >= 15 is 0 Å². The van der Waals surface area contributed by atoms with E-state index in [1.807, 2.05) is 24.8 Å². The van der Waals surface area contributed by atoms with Crippen molar-refractivity contribution in [2.24, 2.45) is 0 Å². The molecular weight excluding hydrogens is 216 g/mol. The summed E-state index contributed by atoms with van der Waals surface area (Å²) in [5.41, 5.74) is 1.23. The Bertz CT molecular complexity index is 433. The third-order valence-corrected chi connectivity index (χ3v) is 3.63. The van der Waals surface area contributed by atoms with E-state index in [4.69, 9.17) is 0 Å². The van der Waals surface area contributed by atoms with Crippen molar-refractivity contribution in [1.29, 1.82) is 0 Å². The van der Waals surface area contributed by atoms with Crippen LogP contribution >= 0.6 is 0 Å². The molecule has 4 nitrogen and oxygen atoms in total. The first-order valence-electron chi connectivity index (χ1n) is 5.97. The molecule has 0 radical (unpaired) electrons. The topological polar surface area (TPSA) is 53.4 Å². The van der Waals surface area contributed by atoms with Gasteiger partial charge in [0.25, 0.3) is 0 Å². The van der Waals surface area contributed by atoms with Crippen LogP contribution in [-0.2, 0) is 4.79 Å². The molecule has 17 heavy (non-hydrogen) atoms. The number of carboxylic acids is 1. The molecule has 2 heterocycles. The first kappa shape index (κ1) is 11.9. The Kier molecular flexibility index (Phi) is 3.05. The molecule has 4 heteroatoms. The fourth-order valence-electron chi connectivity index (χ4n) is 2.50. The second-order valence-corrected chi connectivity index (χ2v) is 4.85. The zero-order valence-electron chi connectivity index (χ0n) is 10.3. The second-order valence-electron chi connectivity index (χ2n) is 4.85. The maximum absolute atomic E-state index is 11.5. The molecule has 0 aliphatic carbocycles. The van der Waals surface area contributed by atoms with Gasteiger partial charge in [-0.25, -0.2) is 4.79 Å². The third kappa shape index (κ3) is 1.99. The second kappa shape index (κ2) is 4.35. The predicted molar refractivity (Wildman–Crippen MR) is 66.2 cm³/mol. The SMILES string of the molecule is Cc1cnccc1N1CCCCC1(C)C(=O)O. The van der Waals surface area contributed by atoms with Gasteiger partial charge in [-0.1, -0.05) is 0 Å². The van der Waals surface area contributed by atoms with E-state index in [1.54, 1.807) is 12.4 Å². The number of aliphatic carboxylic acids is 1. The highest BCUT2D eigenvalue weighted by atomic mass is 16.4. The average Bonchev–Trinajstić information content (AvgIpc) is 2.31. The minimum Gasteiger partial charge on any atom is -0.480 e. The number of nitrogens with zero attached hydrogens (tertiary/aromatic N) is 2. The lowest BCUT2D eigenvalue weighted by Crippen LogP contribution is -2.55. The lowest BCUT2D eigenvalue weighted by Gasteiger charge is -2.43. The van der Waals surface area contributed by atoms with Gasteiger partial charge in [0.2, 0.25) is 0 Å². The van der Waals surface area contributed by atoms with Crippen LogP contribution in [0.1, 0.15) is 31.7 Å². The number of aryl methyl sites for hydroxylation is 1. The van der Waals surface area contributed by atoms with Crippen molar-refractivity contribution in [3.63, 3.8) is 0 Å². The summed E-state index contributed by atoms with van der Waals surface area (Å²) in [6, 6.07) is 1.90. The zero-order valence-corrected chi connectivity index (χ0v) is 10.3. The van der Waals surface area contributed by atoms with Crippen LogP contribution in [0.4, 0.5) is 5.69 Å². The first-order chi connectivity index (χ1) is 8.05. The van der Waals surface area contributed by atoms with Gasteiger partial charge in [-0.2, -0.15) is 0 Å². The summed E-state index contributed by atoms with van der Waals surface area (Å²) in [6.45, 7) is 4.58. The number of hydrogen-bond acceptors (Lipinski definition) is 3. The Hall–Kier alpha value is -1.58. The van der Waals surface area contributed by atoms with Crippen LogP contribution in [0.25, 0.3) is 0 Å². The van der Waals surface area contributed by atoms with Gasteiger partial charge in [-0.15, -0.1) is 0 Å². The number of aromatic nitrogens is 1. The van der Waals surface area contributed by atoms with Gasteiger partial charge < -0.3 is 10.0 Å². The lowest BCUT2D eigenvalue weighted by molar-refractivity contribution is -0.143. The molecule has 92 valence electrons. The summed E-state index contributed by atoms with van der Waals surface area (Å²) in [6.07, 6.45) is 6.23. The van der Waals surface area contributed by atoms with Gasteiger partial charge in [0.1, 0.15) is 5.54 Å². The summed E-state index contributed by atoms with van der Waals surface area (Å²) in [4.78, 5) is 17.6. The number of pyridine rings is 1. The van der Waals surface area contributed by atoms with Crippen molar-refractivity contribution < 1.29 is 9.90 Å². The van der Waals surface area contributed by atoms with Crippen LogP contribution < -0.4 is 4.90 Å². The van der Waals surface area contributed by atoms with Crippen molar-refractivity contribution >= 4 is 11.7 Å². The molecule has 0 bridgehead atoms. The van der Waals surface area contributed by atoms with Crippen LogP contribution in [-0.4, -0.2) is 28.1 Å². The normalized spacial score (nSPS) is 24.7. The molecule has 1 aromatic heterocycles. The molecule has 0 saturated carbocycles. The molecule has 2 rings (SSSR count). The van der Waals surface area contributed by atoms with E-state index in [1.165, 1.54) is 0 Å². The van der Waals surface area contributed by atoms with Gasteiger partial charge in [0.05, 0.1) is 0 Å². The van der Waals surface area contributed by atoms with Crippen LogP contribution in [0.5, 0.6) is 0 Å². The van der Waals surface area contributed by atoms with Gasteiger partial charge in [-0.3, -0.25) is 4.98 Å². The fraction of sp³-hybridized carbons (Fsp3) is 0.538. The fourth-order valence-corrected chi connectivity index (χ4v) is 2.50. The Morgan fingerprint density at radius 3 is 2.94 bits per heavy atom. The zero-order chi connectivity index (χ0) is 12.5. The highest BCUT2D eigenvalue weighted by Crippen LogP contribution is 2.34. The number of hydrogen-bond donors (Lipinski definition) is 1. The summed E-state index contributed by atoms with van der Waals surface area (Å²) in [5, 5.41) is 9.46. The molecule has 1 aromatic rings. The molecule has 1 fully saturated rings. The number of rotatable bonds is 2. The van der Waals surface area contributed by atoms with E-state index in [0.29, 0.717) is 6.42 Å². The molecule has 1 saturated heterocycles. The molecule has 1 aliphatic rings. The summed E-state index contributed by atoms with van der Waals surface area (Å²) >= 11 is 0. The van der Waals surface area contributed by atoms with E-state index in [2.05, 4.69) is 4.98 Å².